The molecule has 0 radical (unpaired) electrons. The van der Waals surface area contributed by atoms with E-state index in [1.165, 1.54) is 19.3 Å². The van der Waals surface area contributed by atoms with Crippen molar-refractivity contribution in [3.63, 3.8) is 0 Å². The standard InChI is InChI=1S/C15H25N3O2/c1-4-5-6-9-18(2)11-12-7-8-14(20-3)13(10-12)15(16)17-19/h7-8,10,19H,4-6,9,11H2,1-3H3,(H2,16,17). The van der Waals surface area contributed by atoms with E-state index in [0.29, 0.717) is 11.3 Å². The molecule has 112 valence electrons. The molecule has 1 aromatic carbocycles. The van der Waals surface area contributed by atoms with Crippen LogP contribution in [0.4, 0.5) is 0 Å². The number of hydrogen-bond acceptors (Lipinski definition) is 4. The van der Waals surface area contributed by atoms with Gasteiger partial charge < -0.3 is 20.6 Å². The van der Waals surface area contributed by atoms with Crippen molar-refractivity contribution in [2.24, 2.45) is 10.9 Å². The summed E-state index contributed by atoms with van der Waals surface area (Å²) in [5, 5.41) is 11.9. The van der Waals surface area contributed by atoms with E-state index >= 15 is 0 Å². The molecule has 0 spiro atoms. The average molecular weight is 279 g/mol. The highest BCUT2D eigenvalue weighted by atomic mass is 16.5. The molecule has 0 amide bonds. The lowest BCUT2D eigenvalue weighted by molar-refractivity contribution is 0.317. The van der Waals surface area contributed by atoms with Crippen molar-refractivity contribution in [3.05, 3.63) is 29.3 Å². The maximum atomic E-state index is 8.82. The number of benzene rings is 1. The maximum absolute atomic E-state index is 8.82. The summed E-state index contributed by atoms with van der Waals surface area (Å²) in [6, 6.07) is 5.76. The van der Waals surface area contributed by atoms with E-state index in [9.17, 15) is 0 Å². The lowest BCUT2D eigenvalue weighted by Crippen LogP contribution is -2.20. The number of ether oxygens (including phenoxy) is 1. The molecule has 0 aliphatic carbocycles. The van der Waals surface area contributed by atoms with Crippen LogP contribution >= 0.6 is 0 Å². The quantitative estimate of drug-likeness (QED) is 0.252. The average Bonchev–Trinajstić information content (AvgIpc) is 2.46. The van der Waals surface area contributed by atoms with Crippen LogP contribution in [0.3, 0.4) is 0 Å². The molecule has 0 atom stereocenters. The maximum Gasteiger partial charge on any atom is 0.173 e. The molecule has 1 aromatic rings. The summed E-state index contributed by atoms with van der Waals surface area (Å²) < 4.78 is 5.22. The molecule has 5 nitrogen and oxygen atoms in total. The van der Waals surface area contributed by atoms with Gasteiger partial charge in [-0.2, -0.15) is 0 Å². The summed E-state index contributed by atoms with van der Waals surface area (Å²) in [5.74, 6) is 0.676. The minimum absolute atomic E-state index is 0.0670. The zero-order valence-corrected chi connectivity index (χ0v) is 12.6. The first-order valence-electron chi connectivity index (χ1n) is 6.95. The molecule has 5 heteroatoms. The van der Waals surface area contributed by atoms with E-state index in [1.807, 2.05) is 18.2 Å². The second-order valence-electron chi connectivity index (χ2n) is 4.96. The van der Waals surface area contributed by atoms with Crippen LogP contribution in [0, 0.1) is 0 Å². The molecule has 0 heterocycles. The van der Waals surface area contributed by atoms with Gasteiger partial charge in [-0.05, 0) is 37.7 Å². The Morgan fingerprint density at radius 2 is 2.15 bits per heavy atom. The molecule has 0 aliphatic rings. The number of methoxy groups -OCH3 is 1. The zero-order valence-electron chi connectivity index (χ0n) is 12.6. The number of unbranched alkanes of at least 4 members (excludes halogenated alkanes) is 2. The molecule has 0 saturated carbocycles. The minimum atomic E-state index is 0.0670. The van der Waals surface area contributed by atoms with Crippen LogP contribution in [0.1, 0.15) is 37.3 Å². The first kappa shape index (κ1) is 16.3. The third kappa shape index (κ3) is 4.74. The van der Waals surface area contributed by atoms with Gasteiger partial charge in [0.05, 0.1) is 12.7 Å². The SMILES string of the molecule is CCCCCN(C)Cc1ccc(OC)c(C(N)=NO)c1. The normalized spacial score (nSPS) is 11.9. The van der Waals surface area contributed by atoms with Crippen LogP contribution in [0.5, 0.6) is 5.75 Å². The molecule has 20 heavy (non-hydrogen) atoms. The molecule has 0 aliphatic heterocycles. The Labute approximate surface area is 121 Å². The number of nitrogens with two attached hydrogens (primary N) is 1. The number of oxime groups is 1. The highest BCUT2D eigenvalue weighted by molar-refractivity contribution is 5.99. The van der Waals surface area contributed by atoms with E-state index in [1.54, 1.807) is 7.11 Å². The number of rotatable bonds is 8. The van der Waals surface area contributed by atoms with E-state index in [2.05, 4.69) is 24.0 Å². The highest BCUT2D eigenvalue weighted by Gasteiger charge is 2.10. The van der Waals surface area contributed by atoms with Crippen molar-refractivity contribution < 1.29 is 9.94 Å². The van der Waals surface area contributed by atoms with Gasteiger partial charge in [0.25, 0.3) is 0 Å². The number of hydrogen-bond donors (Lipinski definition) is 2. The molecule has 0 bridgehead atoms. The van der Waals surface area contributed by atoms with Crippen LogP contribution in [0.15, 0.2) is 23.4 Å². The van der Waals surface area contributed by atoms with Crippen LogP contribution in [0.25, 0.3) is 0 Å². The van der Waals surface area contributed by atoms with E-state index in [0.717, 1.165) is 18.7 Å². The summed E-state index contributed by atoms with van der Waals surface area (Å²) in [5.41, 5.74) is 7.41. The van der Waals surface area contributed by atoms with Gasteiger partial charge in [0.1, 0.15) is 5.75 Å². The Kier molecular flexibility index (Phi) is 6.87. The molecular formula is C15H25N3O2. The lowest BCUT2D eigenvalue weighted by atomic mass is 10.1. The summed E-state index contributed by atoms with van der Waals surface area (Å²) in [6.45, 7) is 4.10. The van der Waals surface area contributed by atoms with Crippen molar-refractivity contribution in [2.45, 2.75) is 32.7 Å². The second kappa shape index (κ2) is 8.43. The fraction of sp³-hybridized carbons (Fsp3) is 0.533. The Morgan fingerprint density at radius 1 is 1.40 bits per heavy atom. The molecule has 0 aromatic heterocycles. The molecule has 3 N–H and O–H groups in total. The molecule has 0 fully saturated rings. The Balaban J connectivity index is 2.76. The molecule has 0 unspecified atom stereocenters. The predicted molar refractivity (Wildman–Crippen MR) is 81.4 cm³/mol. The molecule has 1 rings (SSSR count). The van der Waals surface area contributed by atoms with Gasteiger partial charge in [0.15, 0.2) is 5.84 Å². The summed E-state index contributed by atoms with van der Waals surface area (Å²) in [7, 11) is 3.67. The minimum Gasteiger partial charge on any atom is -0.496 e. The fourth-order valence-electron chi connectivity index (χ4n) is 2.13. The van der Waals surface area contributed by atoms with Crippen LogP contribution < -0.4 is 10.5 Å². The predicted octanol–water partition coefficient (Wildman–Crippen LogP) is 2.41. The Hall–Kier alpha value is -1.75. The molecule has 0 saturated heterocycles. The van der Waals surface area contributed by atoms with Crippen molar-refractivity contribution in [2.75, 3.05) is 20.7 Å². The Morgan fingerprint density at radius 3 is 2.75 bits per heavy atom. The van der Waals surface area contributed by atoms with Crippen LogP contribution in [0.2, 0.25) is 0 Å². The third-order valence-corrected chi connectivity index (χ3v) is 3.24. The van der Waals surface area contributed by atoms with Crippen LogP contribution in [-0.4, -0.2) is 36.6 Å². The molecular weight excluding hydrogens is 254 g/mol. The zero-order chi connectivity index (χ0) is 15.0. The van der Waals surface area contributed by atoms with Crippen LogP contribution in [-0.2, 0) is 6.54 Å². The van der Waals surface area contributed by atoms with Gasteiger partial charge >= 0.3 is 0 Å². The number of amidine groups is 1. The summed E-state index contributed by atoms with van der Waals surface area (Å²) >= 11 is 0. The first-order valence-corrected chi connectivity index (χ1v) is 6.95. The third-order valence-electron chi connectivity index (χ3n) is 3.24. The van der Waals surface area contributed by atoms with Gasteiger partial charge in [-0.15, -0.1) is 0 Å². The van der Waals surface area contributed by atoms with Crippen molar-refractivity contribution in [1.29, 1.82) is 0 Å². The second-order valence-corrected chi connectivity index (χ2v) is 4.96. The topological polar surface area (TPSA) is 71.1 Å². The summed E-state index contributed by atoms with van der Waals surface area (Å²) in [6.07, 6.45) is 3.68. The first-order chi connectivity index (χ1) is 9.62. The van der Waals surface area contributed by atoms with Gasteiger partial charge in [0, 0.05) is 6.54 Å². The monoisotopic (exact) mass is 279 g/mol. The van der Waals surface area contributed by atoms with Gasteiger partial charge in [-0.1, -0.05) is 31.0 Å². The van der Waals surface area contributed by atoms with Crippen molar-refractivity contribution in [3.8, 4) is 5.75 Å². The van der Waals surface area contributed by atoms with E-state index < -0.39 is 0 Å². The van der Waals surface area contributed by atoms with Crippen molar-refractivity contribution >= 4 is 5.84 Å². The summed E-state index contributed by atoms with van der Waals surface area (Å²) in [4.78, 5) is 2.27. The largest absolute Gasteiger partial charge is 0.496 e. The van der Waals surface area contributed by atoms with Crippen molar-refractivity contribution in [1.82, 2.24) is 4.90 Å². The highest BCUT2D eigenvalue weighted by Crippen LogP contribution is 2.20. The Bertz CT molecular complexity index is 447. The van der Waals surface area contributed by atoms with Gasteiger partial charge in [-0.3, -0.25) is 0 Å². The fourth-order valence-corrected chi connectivity index (χ4v) is 2.13. The number of nitrogens with zero attached hydrogens (tertiary/aromatic N) is 2. The lowest BCUT2D eigenvalue weighted by Gasteiger charge is -2.17. The van der Waals surface area contributed by atoms with Gasteiger partial charge in [-0.25, -0.2) is 0 Å². The van der Waals surface area contributed by atoms with Gasteiger partial charge in [0.2, 0.25) is 0 Å². The van der Waals surface area contributed by atoms with E-state index in [-0.39, 0.29) is 5.84 Å². The van der Waals surface area contributed by atoms with E-state index in [4.69, 9.17) is 15.7 Å². The smallest absolute Gasteiger partial charge is 0.173 e.